The van der Waals surface area contributed by atoms with Gasteiger partial charge in [0.1, 0.15) is 0 Å². The summed E-state index contributed by atoms with van der Waals surface area (Å²) < 4.78 is 1.82. The third-order valence-electron chi connectivity index (χ3n) is 7.56. The zero-order valence-corrected chi connectivity index (χ0v) is 22.4. The van der Waals surface area contributed by atoms with Crippen molar-refractivity contribution in [1.82, 2.24) is 24.6 Å². The van der Waals surface area contributed by atoms with Crippen LogP contribution in [0, 0.1) is 20.8 Å². The predicted octanol–water partition coefficient (Wildman–Crippen LogP) is 5.96. The first kappa shape index (κ1) is 24.3. The van der Waals surface area contributed by atoms with Gasteiger partial charge in [-0.15, -0.1) is 0 Å². The van der Waals surface area contributed by atoms with Crippen LogP contribution in [0.2, 0.25) is 0 Å². The molecule has 6 heteroatoms. The number of hydrogen-bond donors (Lipinski definition) is 1. The average Bonchev–Trinajstić information content (AvgIpc) is 3.37. The van der Waals surface area contributed by atoms with Crippen molar-refractivity contribution >= 4 is 16.8 Å². The summed E-state index contributed by atoms with van der Waals surface area (Å²) in [7, 11) is 1.91. The van der Waals surface area contributed by atoms with E-state index in [0.717, 1.165) is 48.7 Å². The maximum atomic E-state index is 12.9. The molecule has 0 spiro atoms. The number of piperidine rings is 1. The van der Waals surface area contributed by atoms with Crippen molar-refractivity contribution in [2.24, 2.45) is 7.05 Å². The van der Waals surface area contributed by atoms with E-state index in [-0.39, 0.29) is 5.91 Å². The van der Waals surface area contributed by atoms with Gasteiger partial charge in [-0.25, -0.2) is 0 Å². The van der Waals surface area contributed by atoms with E-state index in [1.165, 1.54) is 33.3 Å². The molecule has 3 aromatic heterocycles. The normalized spacial score (nSPS) is 14.8. The van der Waals surface area contributed by atoms with Gasteiger partial charge in [0.25, 0.3) is 0 Å². The molecule has 1 saturated heterocycles. The number of likely N-dealkylation sites (tertiary alicyclic amines) is 1. The lowest BCUT2D eigenvalue weighted by Crippen LogP contribution is -2.39. The Bertz CT molecular complexity index is 1400. The van der Waals surface area contributed by atoms with E-state index in [9.17, 15) is 4.79 Å². The lowest BCUT2D eigenvalue weighted by molar-refractivity contribution is -0.131. The van der Waals surface area contributed by atoms with Crippen LogP contribution in [0.4, 0.5) is 0 Å². The molecular formula is C30H37N5O. The molecule has 1 aromatic carbocycles. The van der Waals surface area contributed by atoms with E-state index < -0.39 is 0 Å². The van der Waals surface area contributed by atoms with Crippen LogP contribution in [-0.2, 0) is 18.3 Å². The highest BCUT2D eigenvalue weighted by atomic mass is 16.2. The van der Waals surface area contributed by atoms with E-state index >= 15 is 0 Å². The Hall–Kier alpha value is -3.41. The van der Waals surface area contributed by atoms with Gasteiger partial charge < -0.3 is 9.88 Å². The summed E-state index contributed by atoms with van der Waals surface area (Å²) in [5.74, 6) is 1.07. The monoisotopic (exact) mass is 483 g/mol. The molecule has 6 nitrogen and oxygen atoms in total. The Morgan fingerprint density at radius 1 is 1.03 bits per heavy atom. The molecule has 4 heterocycles. The van der Waals surface area contributed by atoms with Crippen molar-refractivity contribution in [1.29, 1.82) is 0 Å². The summed E-state index contributed by atoms with van der Waals surface area (Å²) in [5.41, 5.74) is 10.4. The number of nitrogens with one attached hydrogen (secondary N) is 1. The van der Waals surface area contributed by atoms with Crippen LogP contribution >= 0.6 is 0 Å². The highest BCUT2D eigenvalue weighted by Gasteiger charge is 2.26. The molecule has 1 N–H and O–H groups in total. The highest BCUT2D eigenvalue weighted by molar-refractivity contribution is 5.92. The summed E-state index contributed by atoms with van der Waals surface area (Å²) in [4.78, 5) is 23.2. The van der Waals surface area contributed by atoms with E-state index in [2.05, 4.69) is 73.1 Å². The first-order valence-corrected chi connectivity index (χ1v) is 13.1. The summed E-state index contributed by atoms with van der Waals surface area (Å²) >= 11 is 0. The number of benzene rings is 1. The molecule has 0 aliphatic carbocycles. The Labute approximate surface area is 213 Å². The van der Waals surface area contributed by atoms with Crippen LogP contribution in [0.5, 0.6) is 0 Å². The number of nitrogens with zero attached hydrogens (tertiary/aromatic N) is 4. The SMILES string of the molecule is Cc1cc(-c2[nH]c3ccc(C4CCN(C(=O)Cc5cc(C)nn5C)CC4)cc3c2C(C)C)cc(C)n1. The number of aromatic amines is 1. The van der Waals surface area contributed by atoms with Crippen molar-refractivity contribution < 1.29 is 4.79 Å². The first-order valence-electron chi connectivity index (χ1n) is 13.1. The highest BCUT2D eigenvalue weighted by Crippen LogP contribution is 2.38. The van der Waals surface area contributed by atoms with E-state index in [4.69, 9.17) is 0 Å². The number of carbonyl (C=O) groups is 1. The number of fused-ring (bicyclic) bond motifs is 1. The predicted molar refractivity (Wildman–Crippen MR) is 145 cm³/mol. The number of pyridine rings is 1. The molecule has 5 rings (SSSR count). The van der Waals surface area contributed by atoms with Crippen LogP contribution in [0.25, 0.3) is 22.2 Å². The smallest absolute Gasteiger partial charge is 0.228 e. The van der Waals surface area contributed by atoms with Crippen LogP contribution < -0.4 is 0 Å². The molecular weight excluding hydrogens is 446 g/mol. The lowest BCUT2D eigenvalue weighted by Gasteiger charge is -2.32. The molecule has 0 atom stereocenters. The maximum absolute atomic E-state index is 12.9. The second-order valence-electron chi connectivity index (χ2n) is 10.7. The minimum absolute atomic E-state index is 0.201. The first-order chi connectivity index (χ1) is 17.2. The fourth-order valence-electron chi connectivity index (χ4n) is 5.85. The van der Waals surface area contributed by atoms with Crippen molar-refractivity contribution in [3.05, 3.63) is 70.3 Å². The van der Waals surface area contributed by atoms with Crippen LogP contribution in [0.3, 0.4) is 0 Å². The van der Waals surface area contributed by atoms with Gasteiger partial charge >= 0.3 is 0 Å². The molecule has 36 heavy (non-hydrogen) atoms. The summed E-state index contributed by atoms with van der Waals surface area (Å²) in [6.45, 7) is 12.2. The molecule has 0 bridgehead atoms. The third-order valence-corrected chi connectivity index (χ3v) is 7.56. The van der Waals surface area contributed by atoms with Gasteiger partial charge in [-0.1, -0.05) is 19.9 Å². The molecule has 1 aliphatic heterocycles. The lowest BCUT2D eigenvalue weighted by atomic mass is 9.87. The Kier molecular flexibility index (Phi) is 6.45. The molecule has 1 amide bonds. The molecule has 1 fully saturated rings. The number of amides is 1. The van der Waals surface area contributed by atoms with Crippen LogP contribution in [-0.4, -0.2) is 43.6 Å². The topological polar surface area (TPSA) is 66.8 Å². The fraction of sp³-hybridized carbons (Fsp3) is 0.433. The van der Waals surface area contributed by atoms with Gasteiger partial charge in [-0.3, -0.25) is 14.5 Å². The molecule has 0 radical (unpaired) electrons. The zero-order chi connectivity index (χ0) is 25.6. The number of aryl methyl sites for hydroxylation is 4. The summed E-state index contributed by atoms with van der Waals surface area (Å²) in [6, 6.07) is 13.3. The van der Waals surface area contributed by atoms with Gasteiger partial charge in [0.2, 0.25) is 5.91 Å². The van der Waals surface area contributed by atoms with Gasteiger partial charge in [0, 0.05) is 53.7 Å². The van der Waals surface area contributed by atoms with Crippen molar-refractivity contribution in [2.75, 3.05) is 13.1 Å². The molecule has 188 valence electrons. The van der Waals surface area contributed by atoms with E-state index in [0.29, 0.717) is 18.3 Å². The Morgan fingerprint density at radius 2 is 1.72 bits per heavy atom. The van der Waals surface area contributed by atoms with Crippen LogP contribution in [0.15, 0.2) is 36.4 Å². The minimum Gasteiger partial charge on any atom is -0.354 e. The third kappa shape index (κ3) is 4.69. The zero-order valence-electron chi connectivity index (χ0n) is 22.4. The largest absolute Gasteiger partial charge is 0.354 e. The maximum Gasteiger partial charge on any atom is 0.228 e. The van der Waals surface area contributed by atoms with Gasteiger partial charge in [-0.2, -0.15) is 5.10 Å². The number of rotatable bonds is 5. The van der Waals surface area contributed by atoms with E-state index in [1.807, 2.05) is 29.6 Å². The average molecular weight is 484 g/mol. The standard InChI is InChI=1S/C30H37N5O/c1-18(2)29-26-16-23(7-8-27(26)32-30(29)24-13-19(3)31-20(4)14-24)22-9-11-35(12-10-22)28(36)17-25-15-21(5)33-34(25)6/h7-8,13-16,18,22,32H,9-12,17H2,1-6H3. The molecule has 1 aliphatic rings. The van der Waals surface area contributed by atoms with Crippen molar-refractivity contribution in [3.63, 3.8) is 0 Å². The molecule has 0 unspecified atom stereocenters. The number of hydrogen-bond acceptors (Lipinski definition) is 3. The summed E-state index contributed by atoms with van der Waals surface area (Å²) in [5, 5.41) is 5.69. The molecule has 4 aromatic rings. The fourth-order valence-corrected chi connectivity index (χ4v) is 5.85. The summed E-state index contributed by atoms with van der Waals surface area (Å²) in [6.07, 6.45) is 2.42. The van der Waals surface area contributed by atoms with Gasteiger partial charge in [0.15, 0.2) is 0 Å². The van der Waals surface area contributed by atoms with Crippen LogP contribution in [0.1, 0.15) is 72.4 Å². The number of carbonyl (C=O) groups excluding carboxylic acids is 1. The Morgan fingerprint density at radius 3 is 2.33 bits per heavy atom. The number of aromatic nitrogens is 4. The van der Waals surface area contributed by atoms with Crippen molar-refractivity contribution in [3.8, 4) is 11.3 Å². The van der Waals surface area contributed by atoms with Gasteiger partial charge in [-0.05, 0) is 86.9 Å². The minimum atomic E-state index is 0.201. The Balaban J connectivity index is 1.36. The van der Waals surface area contributed by atoms with E-state index in [1.54, 1.807) is 0 Å². The van der Waals surface area contributed by atoms with Gasteiger partial charge in [0.05, 0.1) is 17.8 Å². The van der Waals surface area contributed by atoms with Crippen molar-refractivity contribution in [2.45, 2.75) is 65.7 Å². The second kappa shape index (κ2) is 9.57. The second-order valence-corrected chi connectivity index (χ2v) is 10.7. The quantitative estimate of drug-likeness (QED) is 0.381. The molecule has 0 saturated carbocycles. The number of H-pyrrole nitrogens is 1.